The van der Waals surface area contributed by atoms with E-state index in [9.17, 15) is 8.42 Å². The third kappa shape index (κ3) is 1.94. The second kappa shape index (κ2) is 3.39. The predicted molar refractivity (Wildman–Crippen MR) is 43.6 cm³/mol. The van der Waals surface area contributed by atoms with E-state index in [1.807, 2.05) is 0 Å². The van der Waals surface area contributed by atoms with Crippen LogP contribution in [0.3, 0.4) is 0 Å². The molecule has 68 valence electrons. The molecule has 1 fully saturated rings. The van der Waals surface area contributed by atoms with Crippen LogP contribution in [-0.4, -0.2) is 37.6 Å². The topological polar surface area (TPSA) is 87.2 Å². The molecule has 0 saturated carbocycles. The molecule has 0 bridgehead atoms. The van der Waals surface area contributed by atoms with Gasteiger partial charge in [0.15, 0.2) is 5.75 Å². The maximum Gasteiger partial charge on any atom is 0.227 e. The van der Waals surface area contributed by atoms with Gasteiger partial charge in [0, 0.05) is 19.1 Å². The fourth-order valence-corrected chi connectivity index (χ4v) is 2.33. The molecule has 2 N–H and O–H groups in total. The van der Waals surface area contributed by atoms with Crippen LogP contribution in [0.15, 0.2) is 0 Å². The quantitative estimate of drug-likeness (QED) is 0.595. The zero-order chi connectivity index (χ0) is 9.19. The maximum atomic E-state index is 11.2. The minimum absolute atomic E-state index is 0.0709. The summed E-state index contributed by atoms with van der Waals surface area (Å²) < 4.78 is 23.7. The van der Waals surface area contributed by atoms with E-state index in [1.54, 1.807) is 6.07 Å². The Kier molecular flexibility index (Phi) is 2.67. The molecule has 0 aromatic carbocycles. The van der Waals surface area contributed by atoms with Crippen molar-refractivity contribution >= 4 is 10.0 Å². The van der Waals surface area contributed by atoms with Crippen LogP contribution >= 0.6 is 0 Å². The number of sulfonamides is 1. The van der Waals surface area contributed by atoms with E-state index in [4.69, 9.17) is 11.0 Å². The Morgan fingerprint density at radius 2 is 2.33 bits per heavy atom. The third-order valence-electron chi connectivity index (χ3n) is 1.83. The number of hydrogen-bond acceptors (Lipinski definition) is 4. The van der Waals surface area contributed by atoms with Gasteiger partial charge >= 0.3 is 0 Å². The van der Waals surface area contributed by atoms with Crippen LogP contribution in [0.2, 0.25) is 0 Å². The standard InChI is InChI=1S/C6H11N3O2S/c7-2-4-12(10,11)9-3-1-6(8)5-9/h6H,1,3-5,8H2/t6-/m0/s1. The van der Waals surface area contributed by atoms with Gasteiger partial charge in [-0.05, 0) is 6.42 Å². The highest BCUT2D eigenvalue weighted by molar-refractivity contribution is 7.89. The lowest BCUT2D eigenvalue weighted by atomic mass is 10.3. The molecule has 1 saturated heterocycles. The fourth-order valence-electron chi connectivity index (χ4n) is 1.18. The monoisotopic (exact) mass is 189 g/mol. The highest BCUT2D eigenvalue weighted by Gasteiger charge is 2.28. The fraction of sp³-hybridized carbons (Fsp3) is 0.833. The Morgan fingerprint density at radius 1 is 1.67 bits per heavy atom. The molecular weight excluding hydrogens is 178 g/mol. The summed E-state index contributed by atoms with van der Waals surface area (Å²) in [4.78, 5) is 0. The van der Waals surface area contributed by atoms with Crippen molar-refractivity contribution in [3.8, 4) is 6.07 Å². The molecule has 0 radical (unpaired) electrons. The predicted octanol–water partition coefficient (Wildman–Crippen LogP) is -1.13. The lowest BCUT2D eigenvalue weighted by molar-refractivity contribution is 0.475. The Bertz CT molecular complexity index is 292. The summed E-state index contributed by atoms with van der Waals surface area (Å²) in [5, 5.41) is 8.24. The van der Waals surface area contributed by atoms with Gasteiger partial charge in [0.1, 0.15) is 0 Å². The zero-order valence-corrected chi connectivity index (χ0v) is 7.42. The maximum absolute atomic E-state index is 11.2. The average molecular weight is 189 g/mol. The molecule has 12 heavy (non-hydrogen) atoms. The number of nitrogens with two attached hydrogens (primary N) is 1. The summed E-state index contributed by atoms with van der Waals surface area (Å²) in [6.45, 7) is 0.801. The molecule has 1 heterocycles. The molecule has 6 heteroatoms. The molecule has 1 aliphatic rings. The molecule has 0 unspecified atom stereocenters. The first-order chi connectivity index (χ1) is 5.56. The summed E-state index contributed by atoms with van der Waals surface area (Å²) in [6.07, 6.45) is 0.685. The van der Waals surface area contributed by atoms with E-state index < -0.39 is 15.8 Å². The van der Waals surface area contributed by atoms with Gasteiger partial charge in [-0.2, -0.15) is 9.57 Å². The summed E-state index contributed by atoms with van der Waals surface area (Å²) in [5.74, 6) is -0.445. The minimum atomic E-state index is -3.35. The molecule has 0 aromatic rings. The van der Waals surface area contributed by atoms with Crippen molar-refractivity contribution in [1.82, 2.24) is 4.31 Å². The van der Waals surface area contributed by atoms with Crippen LogP contribution in [0.5, 0.6) is 0 Å². The highest BCUT2D eigenvalue weighted by Crippen LogP contribution is 2.11. The molecule has 0 spiro atoms. The normalized spacial score (nSPS) is 25.5. The van der Waals surface area contributed by atoms with Crippen molar-refractivity contribution in [1.29, 1.82) is 5.26 Å². The van der Waals surface area contributed by atoms with E-state index in [0.717, 1.165) is 0 Å². The van der Waals surface area contributed by atoms with Crippen LogP contribution < -0.4 is 5.73 Å². The van der Waals surface area contributed by atoms with Crippen LogP contribution in [0.1, 0.15) is 6.42 Å². The lowest BCUT2D eigenvalue weighted by Crippen LogP contribution is -2.33. The number of hydrogen-bond donors (Lipinski definition) is 1. The highest BCUT2D eigenvalue weighted by atomic mass is 32.2. The van der Waals surface area contributed by atoms with Crippen LogP contribution in [0, 0.1) is 11.3 Å². The van der Waals surface area contributed by atoms with Crippen LogP contribution in [0.25, 0.3) is 0 Å². The number of rotatable bonds is 2. The van der Waals surface area contributed by atoms with Gasteiger partial charge in [-0.3, -0.25) is 0 Å². The lowest BCUT2D eigenvalue weighted by Gasteiger charge is -2.12. The first-order valence-corrected chi connectivity index (χ1v) is 5.27. The van der Waals surface area contributed by atoms with Gasteiger partial charge in [-0.25, -0.2) is 8.42 Å². The van der Waals surface area contributed by atoms with Crippen molar-refractivity contribution in [3.63, 3.8) is 0 Å². The average Bonchev–Trinajstić information content (AvgIpc) is 2.36. The van der Waals surface area contributed by atoms with Gasteiger partial charge in [0.25, 0.3) is 0 Å². The van der Waals surface area contributed by atoms with Gasteiger partial charge in [0.2, 0.25) is 10.0 Å². The van der Waals surface area contributed by atoms with Gasteiger partial charge in [0.05, 0.1) is 6.07 Å². The Labute approximate surface area is 71.8 Å². The summed E-state index contributed by atoms with van der Waals surface area (Å²) >= 11 is 0. The third-order valence-corrected chi connectivity index (χ3v) is 3.44. The van der Waals surface area contributed by atoms with E-state index in [-0.39, 0.29) is 6.04 Å². The van der Waals surface area contributed by atoms with Crippen molar-refractivity contribution in [2.45, 2.75) is 12.5 Å². The van der Waals surface area contributed by atoms with Crippen LogP contribution in [0.4, 0.5) is 0 Å². The summed E-state index contributed by atoms with van der Waals surface area (Å²) in [6, 6.07) is 1.56. The Balaban J connectivity index is 2.66. The molecule has 1 atom stereocenters. The SMILES string of the molecule is N#CCS(=O)(=O)N1CC[C@H](N)C1. The van der Waals surface area contributed by atoms with E-state index in [0.29, 0.717) is 19.5 Å². The molecular formula is C6H11N3O2S. The summed E-state index contributed by atoms with van der Waals surface area (Å²) in [5.41, 5.74) is 5.53. The van der Waals surface area contributed by atoms with Crippen LogP contribution in [-0.2, 0) is 10.0 Å². The molecule has 0 aliphatic carbocycles. The van der Waals surface area contributed by atoms with Crippen molar-refractivity contribution in [2.75, 3.05) is 18.8 Å². The van der Waals surface area contributed by atoms with Gasteiger partial charge in [-0.15, -0.1) is 0 Å². The minimum Gasteiger partial charge on any atom is -0.326 e. The van der Waals surface area contributed by atoms with Crippen molar-refractivity contribution in [2.24, 2.45) is 5.73 Å². The number of nitriles is 1. The van der Waals surface area contributed by atoms with E-state index in [2.05, 4.69) is 0 Å². The number of nitrogens with zero attached hydrogens (tertiary/aromatic N) is 2. The van der Waals surface area contributed by atoms with E-state index in [1.165, 1.54) is 4.31 Å². The second-order valence-corrected chi connectivity index (χ2v) is 4.79. The Hall–Kier alpha value is -0.640. The molecule has 0 amide bonds. The molecule has 5 nitrogen and oxygen atoms in total. The van der Waals surface area contributed by atoms with E-state index >= 15 is 0 Å². The smallest absolute Gasteiger partial charge is 0.227 e. The largest absolute Gasteiger partial charge is 0.326 e. The molecule has 1 aliphatic heterocycles. The first kappa shape index (κ1) is 9.45. The zero-order valence-electron chi connectivity index (χ0n) is 6.60. The summed E-state index contributed by atoms with van der Waals surface area (Å²) in [7, 11) is -3.35. The van der Waals surface area contributed by atoms with Crippen molar-refractivity contribution in [3.05, 3.63) is 0 Å². The Morgan fingerprint density at radius 3 is 2.75 bits per heavy atom. The second-order valence-electron chi connectivity index (χ2n) is 2.82. The van der Waals surface area contributed by atoms with Gasteiger partial charge < -0.3 is 5.73 Å². The van der Waals surface area contributed by atoms with Crippen molar-refractivity contribution < 1.29 is 8.42 Å². The van der Waals surface area contributed by atoms with Gasteiger partial charge in [-0.1, -0.05) is 0 Å². The molecule has 0 aromatic heterocycles. The molecule has 1 rings (SSSR count). The first-order valence-electron chi connectivity index (χ1n) is 3.66.